The van der Waals surface area contributed by atoms with Gasteiger partial charge in [-0.3, -0.25) is 0 Å². The molecule has 20 heavy (non-hydrogen) atoms. The van der Waals surface area contributed by atoms with Gasteiger partial charge >= 0.3 is 0 Å². The van der Waals surface area contributed by atoms with Gasteiger partial charge in [-0.15, -0.1) is 0 Å². The molecule has 0 radical (unpaired) electrons. The second-order valence-electron chi connectivity index (χ2n) is 6.49. The van der Waals surface area contributed by atoms with Crippen molar-refractivity contribution in [3.05, 3.63) is 24.3 Å². The molecule has 0 aromatic heterocycles. The molecule has 4 heteroatoms. The maximum Gasteiger partial charge on any atom is 0.142 e. The summed E-state index contributed by atoms with van der Waals surface area (Å²) in [6, 6.07) is 8.18. The Hall–Kier alpha value is -0.870. The van der Waals surface area contributed by atoms with Crippen molar-refractivity contribution in [1.82, 2.24) is 0 Å². The Kier molecular flexibility index (Phi) is 4.55. The average molecular weight is 294 g/mol. The fourth-order valence-corrected chi connectivity index (χ4v) is 4.71. The van der Waals surface area contributed by atoms with Crippen LogP contribution in [0.4, 0.5) is 5.69 Å². The van der Waals surface area contributed by atoms with Crippen LogP contribution in [0.1, 0.15) is 20.3 Å². The van der Waals surface area contributed by atoms with E-state index in [1.807, 2.05) is 23.9 Å². The van der Waals surface area contributed by atoms with E-state index in [0.29, 0.717) is 12.0 Å². The third kappa shape index (κ3) is 2.91. The van der Waals surface area contributed by atoms with Crippen LogP contribution in [-0.2, 0) is 0 Å². The lowest BCUT2D eigenvalue weighted by Gasteiger charge is -2.50. The summed E-state index contributed by atoms with van der Waals surface area (Å²) in [6.45, 7) is 5.33. The molecule has 112 valence electrons. The Morgan fingerprint density at radius 3 is 2.60 bits per heavy atom. The minimum Gasteiger partial charge on any atom is -0.495 e. The first kappa shape index (κ1) is 15.5. The molecule has 3 nitrogen and oxygen atoms in total. The van der Waals surface area contributed by atoms with Gasteiger partial charge in [0.25, 0.3) is 0 Å². The number of para-hydroxylation sites is 2. The molecule has 1 unspecified atom stereocenters. The van der Waals surface area contributed by atoms with Crippen LogP contribution < -0.4 is 15.4 Å². The number of rotatable bonds is 4. The van der Waals surface area contributed by atoms with Gasteiger partial charge in [-0.25, -0.2) is 0 Å². The van der Waals surface area contributed by atoms with Crippen molar-refractivity contribution in [2.45, 2.75) is 25.8 Å². The van der Waals surface area contributed by atoms with E-state index in [1.165, 1.54) is 5.75 Å². The summed E-state index contributed by atoms with van der Waals surface area (Å²) in [4.78, 5) is 2.33. The monoisotopic (exact) mass is 294 g/mol. The smallest absolute Gasteiger partial charge is 0.142 e. The molecule has 1 aromatic carbocycles. The van der Waals surface area contributed by atoms with E-state index in [0.717, 1.165) is 23.6 Å². The molecule has 1 atom stereocenters. The van der Waals surface area contributed by atoms with Gasteiger partial charge in [-0.05, 0) is 29.7 Å². The highest BCUT2D eigenvalue weighted by atomic mass is 32.2. The highest BCUT2D eigenvalue weighted by Crippen LogP contribution is 2.44. The molecular formula is C16H26N2OS. The van der Waals surface area contributed by atoms with E-state index < -0.39 is 0 Å². The Morgan fingerprint density at radius 2 is 2.00 bits per heavy atom. The van der Waals surface area contributed by atoms with Gasteiger partial charge in [0, 0.05) is 19.3 Å². The van der Waals surface area contributed by atoms with E-state index >= 15 is 0 Å². The Morgan fingerprint density at radius 1 is 1.30 bits per heavy atom. The molecule has 1 aliphatic rings. The first-order valence-electron chi connectivity index (χ1n) is 7.09. The average Bonchev–Trinajstić information content (AvgIpc) is 2.45. The van der Waals surface area contributed by atoms with Crippen LogP contribution in [0.15, 0.2) is 24.3 Å². The molecular weight excluding hydrogens is 268 g/mol. The standard InChI is InChI=1S/C16H26N2OS/c1-15(2)9-16(10-17,12-20-11-15)18(3)13-7-5-6-8-14(13)19-4/h5-8H,9-12,17H2,1-4H3. The van der Waals surface area contributed by atoms with Gasteiger partial charge in [-0.2, -0.15) is 11.8 Å². The second kappa shape index (κ2) is 5.86. The first-order chi connectivity index (χ1) is 9.44. The number of nitrogens with two attached hydrogens (primary N) is 1. The van der Waals surface area contributed by atoms with Crippen molar-refractivity contribution in [3.63, 3.8) is 0 Å². The van der Waals surface area contributed by atoms with Crippen LogP contribution in [0.5, 0.6) is 5.75 Å². The van der Waals surface area contributed by atoms with Crippen molar-refractivity contribution in [2.75, 3.05) is 37.1 Å². The van der Waals surface area contributed by atoms with Gasteiger partial charge in [0.05, 0.1) is 18.3 Å². The molecule has 0 saturated carbocycles. The number of ether oxygens (including phenoxy) is 1. The molecule has 1 aliphatic heterocycles. The van der Waals surface area contributed by atoms with Crippen LogP contribution in [0, 0.1) is 5.41 Å². The zero-order chi connectivity index (χ0) is 14.8. The van der Waals surface area contributed by atoms with Crippen molar-refractivity contribution >= 4 is 17.4 Å². The number of thioether (sulfide) groups is 1. The predicted molar refractivity (Wildman–Crippen MR) is 88.9 cm³/mol. The van der Waals surface area contributed by atoms with Gasteiger partial charge in [0.15, 0.2) is 0 Å². The highest BCUT2D eigenvalue weighted by Gasteiger charge is 2.43. The SMILES string of the molecule is COc1ccccc1N(C)C1(CN)CSCC(C)(C)C1. The zero-order valence-corrected chi connectivity index (χ0v) is 13.8. The van der Waals surface area contributed by atoms with Gasteiger partial charge in [0.2, 0.25) is 0 Å². The van der Waals surface area contributed by atoms with E-state index in [-0.39, 0.29) is 5.54 Å². The minimum absolute atomic E-state index is 0.00104. The van der Waals surface area contributed by atoms with Gasteiger partial charge in [0.1, 0.15) is 5.75 Å². The number of likely N-dealkylation sites (N-methyl/N-ethyl adjacent to an activating group) is 1. The summed E-state index contributed by atoms with van der Waals surface area (Å²) in [6.07, 6.45) is 1.11. The lowest BCUT2D eigenvalue weighted by Crippen LogP contribution is -2.59. The van der Waals surface area contributed by atoms with E-state index in [2.05, 4.69) is 37.9 Å². The third-order valence-electron chi connectivity index (χ3n) is 4.21. The number of hydrogen-bond acceptors (Lipinski definition) is 4. The van der Waals surface area contributed by atoms with Crippen molar-refractivity contribution in [2.24, 2.45) is 11.1 Å². The van der Waals surface area contributed by atoms with Crippen LogP contribution in [0.2, 0.25) is 0 Å². The molecule has 0 spiro atoms. The van der Waals surface area contributed by atoms with E-state index in [4.69, 9.17) is 10.5 Å². The van der Waals surface area contributed by atoms with Crippen molar-refractivity contribution in [3.8, 4) is 5.75 Å². The zero-order valence-electron chi connectivity index (χ0n) is 13.0. The van der Waals surface area contributed by atoms with Gasteiger partial charge < -0.3 is 15.4 Å². The number of benzene rings is 1. The Bertz CT molecular complexity index is 464. The van der Waals surface area contributed by atoms with Crippen LogP contribution in [-0.4, -0.2) is 37.7 Å². The lowest BCUT2D eigenvalue weighted by molar-refractivity contribution is 0.264. The summed E-state index contributed by atoms with van der Waals surface area (Å²) >= 11 is 2.01. The van der Waals surface area contributed by atoms with Crippen LogP contribution >= 0.6 is 11.8 Å². The second-order valence-corrected chi connectivity index (χ2v) is 7.48. The maximum absolute atomic E-state index is 6.19. The topological polar surface area (TPSA) is 38.5 Å². The molecule has 0 aliphatic carbocycles. The molecule has 1 heterocycles. The predicted octanol–water partition coefficient (Wildman–Crippen LogP) is 2.99. The summed E-state index contributed by atoms with van der Waals surface area (Å²) in [7, 11) is 3.87. The Balaban J connectivity index is 2.35. The van der Waals surface area contributed by atoms with Crippen molar-refractivity contribution < 1.29 is 4.74 Å². The van der Waals surface area contributed by atoms with E-state index in [9.17, 15) is 0 Å². The minimum atomic E-state index is 0.00104. The van der Waals surface area contributed by atoms with E-state index in [1.54, 1.807) is 7.11 Å². The lowest BCUT2D eigenvalue weighted by atomic mass is 9.78. The first-order valence-corrected chi connectivity index (χ1v) is 8.24. The molecule has 1 fully saturated rings. The fourth-order valence-electron chi connectivity index (χ4n) is 3.16. The molecule has 0 bridgehead atoms. The molecule has 2 N–H and O–H groups in total. The summed E-state index contributed by atoms with van der Waals surface area (Å²) < 4.78 is 5.51. The largest absolute Gasteiger partial charge is 0.495 e. The molecule has 2 rings (SSSR count). The number of nitrogens with zero attached hydrogens (tertiary/aromatic N) is 1. The number of methoxy groups -OCH3 is 1. The molecule has 0 amide bonds. The molecule has 1 aromatic rings. The highest BCUT2D eigenvalue weighted by molar-refractivity contribution is 7.99. The fraction of sp³-hybridized carbons (Fsp3) is 0.625. The number of anilines is 1. The van der Waals surface area contributed by atoms with Crippen molar-refractivity contribution in [1.29, 1.82) is 0 Å². The van der Waals surface area contributed by atoms with Crippen LogP contribution in [0.25, 0.3) is 0 Å². The summed E-state index contributed by atoms with van der Waals surface area (Å²) in [5.41, 5.74) is 7.64. The quantitative estimate of drug-likeness (QED) is 0.926. The third-order valence-corrected chi connectivity index (χ3v) is 5.94. The molecule has 1 saturated heterocycles. The number of hydrogen-bond donors (Lipinski definition) is 1. The normalized spacial score (nSPS) is 25.2. The van der Waals surface area contributed by atoms with Gasteiger partial charge in [-0.1, -0.05) is 26.0 Å². The summed E-state index contributed by atoms with van der Waals surface area (Å²) in [5.74, 6) is 3.19. The Labute approximate surface area is 126 Å². The van der Waals surface area contributed by atoms with Crippen LogP contribution in [0.3, 0.4) is 0 Å². The summed E-state index contributed by atoms with van der Waals surface area (Å²) in [5, 5.41) is 0. The maximum atomic E-state index is 6.19.